The van der Waals surface area contributed by atoms with Crippen molar-refractivity contribution in [2.75, 3.05) is 5.73 Å². The Morgan fingerprint density at radius 3 is 2.69 bits per heavy atom. The minimum atomic E-state index is 0.742. The standard InChI is InChI=1S/C10H10N4S2/c1-5-7(8-9(11)16-6(2)12-8)13-10-14(5)3-4-15-10/h3-4H,11H2,1-2H3. The van der Waals surface area contributed by atoms with Crippen LogP contribution in [0.2, 0.25) is 0 Å². The second-order valence-electron chi connectivity index (χ2n) is 3.55. The Kier molecular flexibility index (Phi) is 2.02. The van der Waals surface area contributed by atoms with Crippen LogP contribution < -0.4 is 5.73 Å². The number of hydrogen-bond donors (Lipinski definition) is 1. The normalized spacial score (nSPS) is 11.4. The lowest BCUT2D eigenvalue weighted by Crippen LogP contribution is -1.89. The summed E-state index contributed by atoms with van der Waals surface area (Å²) < 4.78 is 2.06. The molecule has 0 radical (unpaired) electrons. The van der Waals surface area contributed by atoms with Gasteiger partial charge in [0.2, 0.25) is 0 Å². The second-order valence-corrected chi connectivity index (χ2v) is 5.65. The van der Waals surface area contributed by atoms with Gasteiger partial charge in [-0.1, -0.05) is 0 Å². The van der Waals surface area contributed by atoms with Crippen LogP contribution in [-0.4, -0.2) is 14.4 Å². The van der Waals surface area contributed by atoms with Gasteiger partial charge in [0, 0.05) is 17.3 Å². The first kappa shape index (κ1) is 9.80. The van der Waals surface area contributed by atoms with Crippen LogP contribution in [0.25, 0.3) is 16.3 Å². The smallest absolute Gasteiger partial charge is 0.194 e. The number of thiazole rings is 2. The van der Waals surface area contributed by atoms with Gasteiger partial charge in [-0.25, -0.2) is 9.97 Å². The average molecular weight is 250 g/mol. The van der Waals surface area contributed by atoms with Crippen LogP contribution in [0.1, 0.15) is 10.7 Å². The van der Waals surface area contributed by atoms with Crippen molar-refractivity contribution < 1.29 is 0 Å². The second kappa shape index (κ2) is 3.29. The highest BCUT2D eigenvalue weighted by Crippen LogP contribution is 2.32. The maximum Gasteiger partial charge on any atom is 0.194 e. The Labute approximate surface area is 100 Å². The molecule has 0 spiro atoms. The summed E-state index contributed by atoms with van der Waals surface area (Å²) in [7, 11) is 0. The molecule has 3 rings (SSSR count). The predicted octanol–water partition coefficient (Wildman–Crippen LogP) is 2.72. The molecule has 2 N–H and O–H groups in total. The molecule has 3 aromatic heterocycles. The molecule has 16 heavy (non-hydrogen) atoms. The lowest BCUT2D eigenvalue weighted by atomic mass is 10.3. The lowest BCUT2D eigenvalue weighted by Gasteiger charge is -1.95. The third-order valence-electron chi connectivity index (χ3n) is 2.49. The van der Waals surface area contributed by atoms with E-state index >= 15 is 0 Å². The van der Waals surface area contributed by atoms with E-state index in [-0.39, 0.29) is 0 Å². The molecule has 0 unspecified atom stereocenters. The first-order valence-corrected chi connectivity index (χ1v) is 6.52. The number of nitrogen functional groups attached to an aromatic ring is 1. The third kappa shape index (κ3) is 1.27. The highest BCUT2D eigenvalue weighted by Gasteiger charge is 2.16. The van der Waals surface area contributed by atoms with Crippen molar-refractivity contribution in [2.45, 2.75) is 13.8 Å². The molecule has 0 aliphatic rings. The fourth-order valence-electron chi connectivity index (χ4n) is 1.74. The number of nitrogens with two attached hydrogens (primary N) is 1. The maximum atomic E-state index is 5.94. The molecular weight excluding hydrogens is 240 g/mol. The van der Waals surface area contributed by atoms with Crippen molar-refractivity contribution in [3.05, 3.63) is 22.3 Å². The zero-order valence-corrected chi connectivity index (χ0v) is 10.5. The van der Waals surface area contributed by atoms with Crippen LogP contribution in [0, 0.1) is 13.8 Å². The highest BCUT2D eigenvalue weighted by atomic mass is 32.1. The number of rotatable bonds is 1. The first-order chi connectivity index (χ1) is 7.66. The highest BCUT2D eigenvalue weighted by molar-refractivity contribution is 7.16. The van der Waals surface area contributed by atoms with E-state index in [9.17, 15) is 0 Å². The summed E-state index contributed by atoms with van der Waals surface area (Å²) >= 11 is 3.12. The molecule has 0 aliphatic heterocycles. The molecule has 0 aliphatic carbocycles. The fraction of sp³-hybridized carbons (Fsp3) is 0.200. The first-order valence-electron chi connectivity index (χ1n) is 4.82. The molecule has 0 aromatic carbocycles. The number of nitrogens with zero attached hydrogens (tertiary/aromatic N) is 3. The Morgan fingerprint density at radius 2 is 2.06 bits per heavy atom. The third-order valence-corrected chi connectivity index (χ3v) is 4.04. The molecule has 6 heteroatoms. The van der Waals surface area contributed by atoms with E-state index in [1.807, 2.05) is 25.4 Å². The number of hydrogen-bond acceptors (Lipinski definition) is 5. The molecule has 0 atom stereocenters. The van der Waals surface area contributed by atoms with Crippen molar-refractivity contribution >= 4 is 32.6 Å². The van der Waals surface area contributed by atoms with Crippen molar-refractivity contribution in [1.82, 2.24) is 14.4 Å². The summed E-state index contributed by atoms with van der Waals surface area (Å²) in [5.41, 5.74) is 8.75. The number of anilines is 1. The minimum absolute atomic E-state index is 0.742. The molecule has 3 heterocycles. The van der Waals surface area contributed by atoms with Crippen LogP contribution in [-0.2, 0) is 0 Å². The van der Waals surface area contributed by atoms with Gasteiger partial charge in [-0.15, -0.1) is 22.7 Å². The van der Waals surface area contributed by atoms with E-state index in [4.69, 9.17) is 5.73 Å². The molecule has 0 amide bonds. The Morgan fingerprint density at radius 1 is 1.25 bits per heavy atom. The van der Waals surface area contributed by atoms with Gasteiger partial charge in [0.1, 0.15) is 16.4 Å². The zero-order valence-electron chi connectivity index (χ0n) is 8.89. The van der Waals surface area contributed by atoms with E-state index in [1.54, 1.807) is 11.3 Å². The monoisotopic (exact) mass is 250 g/mol. The van der Waals surface area contributed by atoms with Crippen LogP contribution in [0.3, 0.4) is 0 Å². The molecule has 82 valence electrons. The maximum absolute atomic E-state index is 5.94. The van der Waals surface area contributed by atoms with E-state index in [0.29, 0.717) is 0 Å². The summed E-state index contributed by atoms with van der Waals surface area (Å²) in [5, 5.41) is 3.74. The van der Waals surface area contributed by atoms with Gasteiger partial charge < -0.3 is 5.73 Å². The summed E-state index contributed by atoms with van der Waals surface area (Å²) in [6.45, 7) is 3.99. The SMILES string of the molecule is Cc1nc(-c2nc3sccn3c2C)c(N)s1. The van der Waals surface area contributed by atoms with Crippen molar-refractivity contribution in [3.63, 3.8) is 0 Å². The fourth-order valence-corrected chi connectivity index (χ4v) is 3.19. The van der Waals surface area contributed by atoms with Crippen molar-refractivity contribution in [3.8, 4) is 11.4 Å². The van der Waals surface area contributed by atoms with Crippen molar-refractivity contribution in [2.24, 2.45) is 0 Å². The summed E-state index contributed by atoms with van der Waals surface area (Å²) in [5.74, 6) is 0. The number of fused-ring (bicyclic) bond motifs is 1. The Hall–Kier alpha value is -1.40. The predicted molar refractivity (Wildman–Crippen MR) is 68.1 cm³/mol. The van der Waals surface area contributed by atoms with Crippen LogP contribution >= 0.6 is 22.7 Å². The molecule has 0 saturated carbocycles. The van der Waals surface area contributed by atoms with Gasteiger partial charge in [-0.05, 0) is 13.8 Å². The van der Waals surface area contributed by atoms with E-state index < -0.39 is 0 Å². The van der Waals surface area contributed by atoms with Gasteiger partial charge in [0.25, 0.3) is 0 Å². The average Bonchev–Trinajstić information content (AvgIpc) is 2.85. The van der Waals surface area contributed by atoms with Crippen LogP contribution in [0.15, 0.2) is 11.6 Å². The van der Waals surface area contributed by atoms with Gasteiger partial charge in [-0.2, -0.15) is 0 Å². The van der Waals surface area contributed by atoms with Gasteiger partial charge in [0.05, 0.1) is 5.01 Å². The van der Waals surface area contributed by atoms with E-state index in [1.165, 1.54) is 11.3 Å². The summed E-state index contributed by atoms with van der Waals surface area (Å²) in [6, 6.07) is 0. The minimum Gasteiger partial charge on any atom is -0.389 e. The summed E-state index contributed by atoms with van der Waals surface area (Å²) in [6.07, 6.45) is 2.02. The molecular formula is C10H10N4S2. The molecule has 0 bridgehead atoms. The topological polar surface area (TPSA) is 56.2 Å². The Balaban J connectivity index is 2.29. The Bertz CT molecular complexity index is 662. The summed E-state index contributed by atoms with van der Waals surface area (Å²) in [4.78, 5) is 9.98. The number of aryl methyl sites for hydroxylation is 2. The van der Waals surface area contributed by atoms with Gasteiger partial charge in [-0.3, -0.25) is 4.40 Å². The van der Waals surface area contributed by atoms with Crippen LogP contribution in [0.5, 0.6) is 0 Å². The number of aromatic nitrogens is 3. The van der Waals surface area contributed by atoms with E-state index in [0.717, 1.165) is 32.1 Å². The van der Waals surface area contributed by atoms with Gasteiger partial charge in [0.15, 0.2) is 4.96 Å². The molecule has 0 saturated heterocycles. The molecule has 4 nitrogen and oxygen atoms in total. The van der Waals surface area contributed by atoms with Crippen molar-refractivity contribution in [1.29, 1.82) is 0 Å². The van der Waals surface area contributed by atoms with Gasteiger partial charge >= 0.3 is 0 Å². The lowest BCUT2D eigenvalue weighted by molar-refractivity contribution is 1.13. The zero-order chi connectivity index (χ0) is 11.3. The number of imidazole rings is 1. The van der Waals surface area contributed by atoms with E-state index in [2.05, 4.69) is 14.4 Å². The molecule has 0 fully saturated rings. The quantitative estimate of drug-likeness (QED) is 0.722. The van der Waals surface area contributed by atoms with Crippen LogP contribution in [0.4, 0.5) is 5.00 Å². The molecule has 3 aromatic rings. The largest absolute Gasteiger partial charge is 0.389 e.